The Kier molecular flexibility index (Phi) is 3.68. The molecule has 0 radical (unpaired) electrons. The van der Waals surface area contributed by atoms with Crippen LogP contribution in [0.5, 0.6) is 5.75 Å². The van der Waals surface area contributed by atoms with Crippen molar-refractivity contribution in [2.24, 2.45) is 0 Å². The maximum absolute atomic E-state index is 11.0. The van der Waals surface area contributed by atoms with E-state index >= 15 is 0 Å². The molecule has 5 heteroatoms. The third-order valence-electron chi connectivity index (χ3n) is 1.88. The molecule has 1 rings (SSSR count). The summed E-state index contributed by atoms with van der Waals surface area (Å²) in [6, 6.07) is 4.62. The second kappa shape index (κ2) is 4.79. The van der Waals surface area contributed by atoms with Crippen molar-refractivity contribution in [3.63, 3.8) is 0 Å². The van der Waals surface area contributed by atoms with E-state index < -0.39 is 5.97 Å². The Labute approximate surface area is 91.9 Å². The summed E-state index contributed by atoms with van der Waals surface area (Å²) in [6.45, 7) is 0. The van der Waals surface area contributed by atoms with Crippen LogP contribution in [0.1, 0.15) is 5.56 Å². The van der Waals surface area contributed by atoms with E-state index in [1.54, 1.807) is 12.1 Å². The summed E-state index contributed by atoms with van der Waals surface area (Å²) < 4.78 is 4.38. The smallest absolute Gasteiger partial charge is 0.352 e. The van der Waals surface area contributed by atoms with Gasteiger partial charge in [0.1, 0.15) is 11.5 Å². The topological polar surface area (TPSA) is 70.4 Å². The molecule has 0 aliphatic heterocycles. The lowest BCUT2D eigenvalue weighted by Crippen LogP contribution is -2.17. The van der Waals surface area contributed by atoms with Gasteiger partial charge in [0.2, 0.25) is 0 Å². The van der Waals surface area contributed by atoms with Gasteiger partial charge in [-0.1, -0.05) is 17.7 Å². The second-order valence-electron chi connectivity index (χ2n) is 2.88. The minimum Gasteiger partial charge on any atom is -0.508 e. The molecule has 15 heavy (non-hydrogen) atoms. The van der Waals surface area contributed by atoms with Crippen LogP contribution in [-0.4, -0.2) is 23.9 Å². The lowest BCUT2D eigenvalue weighted by Gasteiger charge is -2.06. The van der Waals surface area contributed by atoms with E-state index in [1.165, 1.54) is 13.2 Å². The molecular formula is C10H10ClNO3. The molecule has 80 valence electrons. The minimum atomic E-state index is -0.727. The Morgan fingerprint density at radius 3 is 2.80 bits per heavy atom. The Balaban J connectivity index is 2.90. The van der Waals surface area contributed by atoms with E-state index in [0.717, 1.165) is 0 Å². The number of methoxy groups -OCH3 is 1. The number of phenols is 1. The van der Waals surface area contributed by atoms with Crippen LogP contribution in [0.15, 0.2) is 18.2 Å². The molecule has 1 aromatic rings. The first-order valence-electron chi connectivity index (χ1n) is 4.18. The quantitative estimate of drug-likeness (QED) is 0.611. The van der Waals surface area contributed by atoms with E-state index in [9.17, 15) is 9.90 Å². The van der Waals surface area contributed by atoms with E-state index in [1.807, 2.05) is 0 Å². The number of aromatic hydroxyl groups is 1. The van der Waals surface area contributed by atoms with E-state index in [2.05, 4.69) is 4.74 Å². The van der Waals surface area contributed by atoms with Gasteiger partial charge in [-0.15, -0.1) is 0 Å². The molecular weight excluding hydrogens is 218 g/mol. The monoisotopic (exact) mass is 227 g/mol. The molecule has 0 aliphatic rings. The van der Waals surface area contributed by atoms with Gasteiger partial charge < -0.3 is 9.84 Å². The molecule has 0 atom stereocenters. The van der Waals surface area contributed by atoms with Gasteiger partial charge in [-0.2, -0.15) is 0 Å². The number of benzene rings is 1. The fourth-order valence-electron chi connectivity index (χ4n) is 1.09. The largest absolute Gasteiger partial charge is 0.508 e. The number of carbonyl (C=O) groups is 1. The number of rotatable bonds is 3. The van der Waals surface area contributed by atoms with Gasteiger partial charge in [-0.05, 0) is 12.1 Å². The Morgan fingerprint density at radius 2 is 2.27 bits per heavy atom. The van der Waals surface area contributed by atoms with Crippen molar-refractivity contribution >= 4 is 23.3 Å². The van der Waals surface area contributed by atoms with Crippen molar-refractivity contribution in [2.45, 2.75) is 6.42 Å². The normalized spacial score (nSPS) is 9.73. The predicted molar refractivity (Wildman–Crippen MR) is 56.6 cm³/mol. The molecule has 0 bridgehead atoms. The van der Waals surface area contributed by atoms with Gasteiger partial charge in [0, 0.05) is 17.0 Å². The van der Waals surface area contributed by atoms with Gasteiger partial charge in [-0.25, -0.2) is 4.79 Å². The molecule has 0 unspecified atom stereocenters. The number of esters is 1. The number of halogens is 1. The lowest BCUT2D eigenvalue weighted by molar-refractivity contribution is -0.132. The first-order valence-corrected chi connectivity index (χ1v) is 4.56. The van der Waals surface area contributed by atoms with Crippen LogP contribution in [0.2, 0.25) is 5.02 Å². The number of carbonyl (C=O) groups excluding carboxylic acids is 1. The molecule has 0 saturated heterocycles. The summed E-state index contributed by atoms with van der Waals surface area (Å²) in [6.07, 6.45) is -0.0435. The van der Waals surface area contributed by atoms with Gasteiger partial charge in [0.05, 0.1) is 7.11 Å². The van der Waals surface area contributed by atoms with Crippen LogP contribution in [0.3, 0.4) is 0 Å². The maximum Gasteiger partial charge on any atom is 0.352 e. The maximum atomic E-state index is 11.0. The molecule has 0 amide bonds. The number of nitrogens with one attached hydrogen (secondary N) is 1. The van der Waals surface area contributed by atoms with Crippen LogP contribution < -0.4 is 0 Å². The Morgan fingerprint density at radius 1 is 1.60 bits per heavy atom. The Bertz CT molecular complexity index is 383. The molecule has 0 aromatic heterocycles. The summed E-state index contributed by atoms with van der Waals surface area (Å²) in [7, 11) is 1.20. The molecule has 0 saturated carbocycles. The van der Waals surface area contributed by atoms with Crippen LogP contribution in [-0.2, 0) is 16.0 Å². The zero-order valence-corrected chi connectivity index (χ0v) is 8.84. The molecule has 0 aliphatic carbocycles. The van der Waals surface area contributed by atoms with Crippen molar-refractivity contribution in [1.82, 2.24) is 0 Å². The van der Waals surface area contributed by atoms with Crippen LogP contribution >= 0.6 is 11.6 Å². The summed E-state index contributed by atoms with van der Waals surface area (Å²) in [4.78, 5) is 11.0. The average molecular weight is 228 g/mol. The standard InChI is InChI=1S/C10H10ClNO3/c1-15-10(14)8(12)5-6-7(11)3-2-4-9(6)13/h2-4,12-13H,5H2,1H3. The minimum absolute atomic E-state index is 0.0313. The van der Waals surface area contributed by atoms with Crippen LogP contribution in [0, 0.1) is 5.41 Å². The third kappa shape index (κ3) is 2.70. The van der Waals surface area contributed by atoms with E-state index in [-0.39, 0.29) is 17.9 Å². The number of phenolic OH excluding ortho intramolecular Hbond substituents is 1. The second-order valence-corrected chi connectivity index (χ2v) is 3.29. The summed E-state index contributed by atoms with van der Waals surface area (Å²) in [5.74, 6) is -0.759. The van der Waals surface area contributed by atoms with Crippen molar-refractivity contribution in [3.8, 4) is 5.75 Å². The molecule has 0 spiro atoms. The molecule has 4 nitrogen and oxygen atoms in total. The van der Waals surface area contributed by atoms with Gasteiger partial charge >= 0.3 is 5.97 Å². The zero-order valence-electron chi connectivity index (χ0n) is 8.08. The van der Waals surface area contributed by atoms with Gasteiger partial charge in [0.25, 0.3) is 0 Å². The highest BCUT2D eigenvalue weighted by Crippen LogP contribution is 2.25. The Hall–Kier alpha value is -1.55. The number of hydrogen-bond acceptors (Lipinski definition) is 4. The number of hydrogen-bond donors (Lipinski definition) is 2. The summed E-state index contributed by atoms with van der Waals surface area (Å²) >= 11 is 5.81. The molecule has 0 fully saturated rings. The van der Waals surface area contributed by atoms with Crippen molar-refractivity contribution < 1.29 is 14.6 Å². The molecule has 1 aromatic carbocycles. The fraction of sp³-hybridized carbons (Fsp3) is 0.200. The first-order chi connectivity index (χ1) is 7.06. The summed E-state index contributed by atoms with van der Waals surface area (Å²) in [5.41, 5.74) is 0.107. The summed E-state index contributed by atoms with van der Waals surface area (Å²) in [5, 5.41) is 17.2. The van der Waals surface area contributed by atoms with E-state index in [0.29, 0.717) is 10.6 Å². The predicted octanol–water partition coefficient (Wildman–Crippen LogP) is 1.78. The van der Waals surface area contributed by atoms with Gasteiger partial charge in [0.15, 0.2) is 0 Å². The van der Waals surface area contributed by atoms with E-state index in [4.69, 9.17) is 17.0 Å². The highest BCUT2D eigenvalue weighted by molar-refractivity contribution is 6.37. The third-order valence-corrected chi connectivity index (χ3v) is 2.23. The van der Waals surface area contributed by atoms with Crippen molar-refractivity contribution in [2.75, 3.05) is 7.11 Å². The van der Waals surface area contributed by atoms with Crippen molar-refractivity contribution in [1.29, 1.82) is 5.41 Å². The van der Waals surface area contributed by atoms with Crippen LogP contribution in [0.4, 0.5) is 0 Å². The fourth-order valence-corrected chi connectivity index (χ4v) is 1.33. The number of ether oxygens (including phenoxy) is 1. The molecule has 0 heterocycles. The van der Waals surface area contributed by atoms with Crippen molar-refractivity contribution in [3.05, 3.63) is 28.8 Å². The van der Waals surface area contributed by atoms with Crippen LogP contribution in [0.25, 0.3) is 0 Å². The SMILES string of the molecule is COC(=O)C(=N)Cc1c(O)cccc1Cl. The highest BCUT2D eigenvalue weighted by Gasteiger charge is 2.14. The van der Waals surface area contributed by atoms with Gasteiger partial charge in [-0.3, -0.25) is 5.41 Å². The molecule has 2 N–H and O–H groups in total. The lowest BCUT2D eigenvalue weighted by atomic mass is 10.1. The average Bonchev–Trinajstić information content (AvgIpc) is 2.22. The zero-order chi connectivity index (χ0) is 11.4. The first kappa shape index (κ1) is 11.5. The highest BCUT2D eigenvalue weighted by atomic mass is 35.5.